The lowest BCUT2D eigenvalue weighted by molar-refractivity contribution is 0.399. The van der Waals surface area contributed by atoms with Crippen LogP contribution in [-0.4, -0.2) is 23.5 Å². The normalized spacial score (nSPS) is 11.2. The zero-order valence-corrected chi connectivity index (χ0v) is 17.5. The molecule has 2 aromatic rings. The van der Waals surface area contributed by atoms with Crippen LogP contribution in [0.2, 0.25) is 0 Å². The van der Waals surface area contributed by atoms with E-state index in [9.17, 15) is 0 Å². The SMILES string of the molecule is C=C/C=C(\C=C/CCc1csc(Nc2ccc(SN)cc2)n1)SC.CO. The van der Waals surface area contributed by atoms with Gasteiger partial charge in [0.05, 0.1) is 5.69 Å². The third-order valence-corrected chi connectivity index (χ3v) is 5.25. The summed E-state index contributed by atoms with van der Waals surface area (Å²) in [4.78, 5) is 6.89. The predicted molar refractivity (Wildman–Crippen MR) is 119 cm³/mol. The number of benzene rings is 1. The van der Waals surface area contributed by atoms with Gasteiger partial charge in [-0.15, -0.1) is 23.1 Å². The maximum Gasteiger partial charge on any atom is 0.187 e. The highest BCUT2D eigenvalue weighted by molar-refractivity contribution is 8.02. The molecule has 0 aliphatic heterocycles. The van der Waals surface area contributed by atoms with Crippen molar-refractivity contribution in [3.63, 3.8) is 0 Å². The maximum atomic E-state index is 7.00. The largest absolute Gasteiger partial charge is 0.400 e. The van der Waals surface area contributed by atoms with Crippen molar-refractivity contribution in [1.82, 2.24) is 4.98 Å². The van der Waals surface area contributed by atoms with Gasteiger partial charge < -0.3 is 10.4 Å². The monoisotopic (exact) mass is 407 g/mol. The van der Waals surface area contributed by atoms with E-state index in [1.165, 1.54) is 16.9 Å². The average molecular weight is 408 g/mol. The molecule has 1 aromatic carbocycles. The van der Waals surface area contributed by atoms with Crippen molar-refractivity contribution in [3.8, 4) is 0 Å². The summed E-state index contributed by atoms with van der Waals surface area (Å²) in [5.41, 5.74) is 2.13. The Morgan fingerprint density at radius 3 is 2.69 bits per heavy atom. The first-order valence-electron chi connectivity index (χ1n) is 7.91. The highest BCUT2D eigenvalue weighted by atomic mass is 32.2. The Morgan fingerprint density at radius 2 is 2.08 bits per heavy atom. The van der Waals surface area contributed by atoms with Crippen LogP contribution in [0.5, 0.6) is 0 Å². The number of hydrogen-bond acceptors (Lipinski definition) is 7. The zero-order chi connectivity index (χ0) is 19.2. The fourth-order valence-electron chi connectivity index (χ4n) is 1.96. The van der Waals surface area contributed by atoms with Gasteiger partial charge in [-0.2, -0.15) is 0 Å². The number of nitrogens with one attached hydrogen (secondary N) is 1. The van der Waals surface area contributed by atoms with Crippen molar-refractivity contribution in [2.75, 3.05) is 18.7 Å². The molecule has 4 N–H and O–H groups in total. The molecule has 2 rings (SSSR count). The minimum atomic E-state index is 0.915. The number of aliphatic hydroxyl groups is 1. The van der Waals surface area contributed by atoms with Gasteiger partial charge in [0, 0.05) is 28.0 Å². The van der Waals surface area contributed by atoms with Crippen LogP contribution in [0.15, 0.2) is 70.3 Å². The molecular weight excluding hydrogens is 382 g/mol. The fourth-order valence-corrected chi connectivity index (χ4v) is 3.48. The smallest absolute Gasteiger partial charge is 0.187 e. The molecule has 140 valence electrons. The number of allylic oxidation sites excluding steroid dienone is 4. The Balaban J connectivity index is 0.00000163. The lowest BCUT2D eigenvalue weighted by Gasteiger charge is -2.03. The van der Waals surface area contributed by atoms with Crippen LogP contribution in [0, 0.1) is 0 Å². The summed E-state index contributed by atoms with van der Waals surface area (Å²) in [6.45, 7) is 3.72. The quantitative estimate of drug-likeness (QED) is 0.383. The third kappa shape index (κ3) is 8.25. The van der Waals surface area contributed by atoms with Gasteiger partial charge >= 0.3 is 0 Å². The highest BCUT2D eigenvalue weighted by Crippen LogP contribution is 2.23. The topological polar surface area (TPSA) is 71.2 Å². The molecule has 0 unspecified atom stereocenters. The number of thiazole rings is 1. The van der Waals surface area contributed by atoms with Crippen LogP contribution in [0.1, 0.15) is 12.1 Å². The van der Waals surface area contributed by atoms with E-state index in [4.69, 9.17) is 10.2 Å². The van der Waals surface area contributed by atoms with E-state index < -0.39 is 0 Å². The van der Waals surface area contributed by atoms with Crippen LogP contribution in [-0.2, 0) is 6.42 Å². The first-order chi connectivity index (χ1) is 12.7. The summed E-state index contributed by atoms with van der Waals surface area (Å²) in [6.07, 6.45) is 12.1. The van der Waals surface area contributed by atoms with Crippen LogP contribution in [0.25, 0.3) is 0 Å². The molecule has 0 saturated carbocycles. The number of aromatic nitrogens is 1. The van der Waals surface area contributed by atoms with Crippen molar-refractivity contribution in [3.05, 3.63) is 71.1 Å². The van der Waals surface area contributed by atoms with Crippen molar-refractivity contribution in [2.45, 2.75) is 17.7 Å². The van der Waals surface area contributed by atoms with Crippen LogP contribution in [0.3, 0.4) is 0 Å². The number of anilines is 2. The predicted octanol–water partition coefficient (Wildman–Crippen LogP) is 5.38. The van der Waals surface area contributed by atoms with E-state index in [0.717, 1.165) is 41.4 Å². The van der Waals surface area contributed by atoms with Gasteiger partial charge in [-0.1, -0.05) is 24.8 Å². The summed E-state index contributed by atoms with van der Waals surface area (Å²) < 4.78 is 0. The number of aliphatic hydroxyl groups excluding tert-OH is 1. The van der Waals surface area contributed by atoms with Crippen molar-refractivity contribution < 1.29 is 5.11 Å². The molecule has 0 saturated heterocycles. The maximum absolute atomic E-state index is 7.00. The van der Waals surface area contributed by atoms with E-state index >= 15 is 0 Å². The van der Waals surface area contributed by atoms with Crippen LogP contribution >= 0.6 is 35.0 Å². The Labute approximate surface area is 168 Å². The summed E-state index contributed by atoms with van der Waals surface area (Å²) >= 11 is 4.59. The molecular formula is C19H25N3OS3. The molecule has 0 atom stereocenters. The fraction of sp³-hybridized carbons (Fsp3) is 0.211. The molecule has 0 bridgehead atoms. The van der Waals surface area contributed by atoms with E-state index in [1.54, 1.807) is 23.1 Å². The molecule has 0 aliphatic carbocycles. The molecule has 7 heteroatoms. The number of thioether (sulfide) groups is 1. The summed E-state index contributed by atoms with van der Waals surface area (Å²) in [5, 5.41) is 18.9. The van der Waals surface area contributed by atoms with Gasteiger partial charge in [-0.25, -0.2) is 4.98 Å². The van der Waals surface area contributed by atoms with Gasteiger partial charge in [-0.05, 0) is 61.4 Å². The first-order valence-corrected chi connectivity index (χ1v) is 10.9. The van der Waals surface area contributed by atoms with Crippen molar-refractivity contribution in [2.24, 2.45) is 5.14 Å². The van der Waals surface area contributed by atoms with E-state index in [-0.39, 0.29) is 0 Å². The van der Waals surface area contributed by atoms with Crippen molar-refractivity contribution >= 4 is 45.9 Å². The molecule has 4 nitrogen and oxygen atoms in total. The van der Waals surface area contributed by atoms with Crippen molar-refractivity contribution in [1.29, 1.82) is 0 Å². The second-order valence-electron chi connectivity index (χ2n) is 4.86. The standard InChI is InChI=1S/C18H21N3S3.CH4O/c1-3-6-16(22-2)8-5-4-7-15-13-23-18(21-15)20-14-9-11-17(24-19)12-10-14;1-2/h3,5-6,8-13H,1,4,7,19H2,2H3,(H,20,21);2H,1H3/b8-5-,16-6+;. The molecule has 1 heterocycles. The Morgan fingerprint density at radius 1 is 1.35 bits per heavy atom. The molecule has 0 spiro atoms. The Bertz CT molecular complexity index is 709. The summed E-state index contributed by atoms with van der Waals surface area (Å²) in [6, 6.07) is 8.00. The first kappa shape index (κ1) is 22.5. The van der Waals surface area contributed by atoms with E-state index in [0.29, 0.717) is 0 Å². The molecule has 26 heavy (non-hydrogen) atoms. The second kappa shape index (κ2) is 13.7. The lowest BCUT2D eigenvalue weighted by atomic mass is 10.2. The van der Waals surface area contributed by atoms with Gasteiger partial charge in [0.15, 0.2) is 5.13 Å². The lowest BCUT2D eigenvalue weighted by Crippen LogP contribution is -1.91. The van der Waals surface area contributed by atoms with E-state index in [1.807, 2.05) is 36.4 Å². The number of nitrogens with two attached hydrogens (primary N) is 1. The second-order valence-corrected chi connectivity index (χ2v) is 7.31. The third-order valence-electron chi connectivity index (χ3n) is 3.16. The van der Waals surface area contributed by atoms with Gasteiger partial charge in [0.25, 0.3) is 0 Å². The van der Waals surface area contributed by atoms with Crippen LogP contribution in [0.4, 0.5) is 10.8 Å². The van der Waals surface area contributed by atoms with Gasteiger partial charge in [-0.3, -0.25) is 5.14 Å². The van der Waals surface area contributed by atoms with Crippen LogP contribution < -0.4 is 10.5 Å². The molecule has 0 aliphatic rings. The minimum absolute atomic E-state index is 0.915. The molecule has 0 fully saturated rings. The summed E-state index contributed by atoms with van der Waals surface area (Å²) in [5.74, 6) is 0. The highest BCUT2D eigenvalue weighted by Gasteiger charge is 2.02. The summed E-state index contributed by atoms with van der Waals surface area (Å²) in [7, 11) is 1.00. The van der Waals surface area contributed by atoms with Gasteiger partial charge in [0.2, 0.25) is 0 Å². The molecule has 0 amide bonds. The Hall–Kier alpha value is -1.51. The zero-order valence-electron chi connectivity index (χ0n) is 15.0. The number of nitrogens with zero attached hydrogens (tertiary/aromatic N) is 1. The molecule has 0 radical (unpaired) electrons. The van der Waals surface area contributed by atoms with E-state index in [2.05, 4.69) is 40.7 Å². The average Bonchev–Trinajstić information content (AvgIpc) is 3.13. The number of rotatable bonds is 9. The van der Waals surface area contributed by atoms with Gasteiger partial charge in [0.1, 0.15) is 0 Å². The molecule has 1 aromatic heterocycles. The number of hydrogen-bond donors (Lipinski definition) is 3. The number of aryl methyl sites for hydroxylation is 1. The minimum Gasteiger partial charge on any atom is -0.400 e. The Kier molecular flexibility index (Phi) is 11.8.